The van der Waals surface area contributed by atoms with Crippen LogP contribution in [0.5, 0.6) is 0 Å². The molecule has 0 spiro atoms. The number of furan rings is 2. The van der Waals surface area contributed by atoms with Gasteiger partial charge in [0.2, 0.25) is 0 Å². The van der Waals surface area contributed by atoms with Crippen molar-refractivity contribution in [1.82, 2.24) is 15.0 Å². The second-order valence-corrected chi connectivity index (χ2v) is 9.56. The molecular weight excluding hydrogens is 508 g/mol. The topological polar surface area (TPSA) is 91.0 Å². The van der Waals surface area contributed by atoms with Gasteiger partial charge in [0.05, 0.1) is 5.02 Å². The highest BCUT2D eigenvalue weighted by molar-refractivity contribution is 6.35. The number of benzene rings is 4. The minimum atomic E-state index is 0.305. The van der Waals surface area contributed by atoms with Gasteiger partial charge in [-0.2, -0.15) is 0 Å². The SMILES string of the molecule is C/C=C\c1c(N)oc2ccc(Cl)c(-c3nc(-c4ccccc4)nc(-c4ccc5c(c4)oc4ccccc45)n3)c12. The van der Waals surface area contributed by atoms with Crippen molar-refractivity contribution in [2.45, 2.75) is 6.92 Å². The molecule has 0 unspecified atom stereocenters. The molecule has 2 N–H and O–H groups in total. The van der Waals surface area contributed by atoms with Crippen LogP contribution in [0.4, 0.5) is 5.88 Å². The van der Waals surface area contributed by atoms with Crippen molar-refractivity contribution in [3.63, 3.8) is 0 Å². The van der Waals surface area contributed by atoms with E-state index in [4.69, 9.17) is 41.1 Å². The van der Waals surface area contributed by atoms with Gasteiger partial charge in [-0.15, -0.1) is 0 Å². The molecule has 7 aromatic rings. The van der Waals surface area contributed by atoms with E-state index in [1.807, 2.05) is 85.8 Å². The summed E-state index contributed by atoms with van der Waals surface area (Å²) in [7, 11) is 0. The molecule has 0 aliphatic rings. The first-order chi connectivity index (χ1) is 19.1. The predicted octanol–water partition coefficient (Wildman–Crippen LogP) is 8.79. The lowest BCUT2D eigenvalue weighted by Gasteiger charge is -2.10. The van der Waals surface area contributed by atoms with Gasteiger partial charge in [0.15, 0.2) is 23.4 Å². The number of rotatable bonds is 4. The van der Waals surface area contributed by atoms with Gasteiger partial charge in [-0.05, 0) is 37.3 Å². The fraction of sp³-hybridized carbons (Fsp3) is 0.0312. The summed E-state index contributed by atoms with van der Waals surface area (Å²) in [6, 6.07) is 27.4. The van der Waals surface area contributed by atoms with Crippen LogP contribution in [0.1, 0.15) is 12.5 Å². The molecule has 0 aliphatic heterocycles. The maximum absolute atomic E-state index is 6.82. The summed E-state index contributed by atoms with van der Waals surface area (Å²) in [5, 5.41) is 3.33. The van der Waals surface area contributed by atoms with Crippen molar-refractivity contribution in [3.8, 4) is 34.2 Å². The Labute approximate surface area is 228 Å². The zero-order valence-corrected chi connectivity index (χ0v) is 21.6. The number of hydrogen-bond acceptors (Lipinski definition) is 6. The second kappa shape index (κ2) is 9.11. The Morgan fingerprint density at radius 2 is 1.41 bits per heavy atom. The Hall–Kier alpha value is -4.94. The molecule has 4 aromatic carbocycles. The summed E-state index contributed by atoms with van der Waals surface area (Å²) in [5.41, 5.74) is 11.5. The molecular formula is C32H21ClN4O2. The van der Waals surface area contributed by atoms with Crippen molar-refractivity contribution in [2.75, 3.05) is 5.73 Å². The van der Waals surface area contributed by atoms with Crippen LogP contribution in [0.2, 0.25) is 5.02 Å². The molecule has 7 rings (SSSR count). The summed E-state index contributed by atoms with van der Waals surface area (Å²) in [5.74, 6) is 1.75. The van der Waals surface area contributed by atoms with E-state index in [1.165, 1.54) is 0 Å². The molecule has 39 heavy (non-hydrogen) atoms. The van der Waals surface area contributed by atoms with E-state index in [1.54, 1.807) is 12.1 Å². The number of aromatic nitrogens is 3. The third kappa shape index (κ3) is 3.85. The molecule has 3 heterocycles. The predicted molar refractivity (Wildman–Crippen MR) is 157 cm³/mol. The van der Waals surface area contributed by atoms with Gasteiger partial charge >= 0.3 is 0 Å². The zero-order chi connectivity index (χ0) is 26.5. The van der Waals surface area contributed by atoms with Gasteiger partial charge in [-0.1, -0.05) is 78.4 Å². The van der Waals surface area contributed by atoms with E-state index in [-0.39, 0.29) is 0 Å². The van der Waals surface area contributed by atoms with Crippen LogP contribution >= 0.6 is 11.6 Å². The summed E-state index contributed by atoms with van der Waals surface area (Å²) in [4.78, 5) is 14.7. The number of fused-ring (bicyclic) bond motifs is 4. The Morgan fingerprint density at radius 1 is 0.692 bits per heavy atom. The lowest BCUT2D eigenvalue weighted by Crippen LogP contribution is -2.01. The van der Waals surface area contributed by atoms with Crippen LogP contribution in [0.25, 0.3) is 73.1 Å². The second-order valence-electron chi connectivity index (χ2n) is 9.16. The Bertz CT molecular complexity index is 2060. The van der Waals surface area contributed by atoms with Crippen LogP contribution in [-0.2, 0) is 0 Å². The number of nitrogens with two attached hydrogens (primary N) is 1. The Balaban J connectivity index is 1.51. The van der Waals surface area contributed by atoms with E-state index in [0.29, 0.717) is 39.5 Å². The molecule has 188 valence electrons. The standard InChI is InChI=1S/C32H21ClN4O2/c1-2-8-22-27-25(39-29(22)34)16-15-23(33)28(27)32-36-30(18-9-4-3-5-10-18)35-31(37-32)19-13-14-21-20-11-6-7-12-24(20)38-26(21)17-19/h2-17H,34H2,1H3/b8-2-. The van der Waals surface area contributed by atoms with E-state index in [2.05, 4.69) is 6.07 Å². The van der Waals surface area contributed by atoms with Crippen molar-refractivity contribution in [2.24, 2.45) is 0 Å². The number of nitrogen functional groups attached to an aromatic ring is 1. The normalized spacial score (nSPS) is 11.8. The van der Waals surface area contributed by atoms with Gasteiger partial charge < -0.3 is 14.6 Å². The minimum absolute atomic E-state index is 0.305. The molecule has 0 bridgehead atoms. The number of hydrogen-bond donors (Lipinski definition) is 1. The fourth-order valence-corrected chi connectivity index (χ4v) is 5.20. The maximum atomic E-state index is 6.82. The van der Waals surface area contributed by atoms with Crippen molar-refractivity contribution >= 4 is 56.5 Å². The van der Waals surface area contributed by atoms with Gasteiger partial charge in [-0.3, -0.25) is 0 Å². The fourth-order valence-electron chi connectivity index (χ4n) is 4.96. The molecule has 0 saturated heterocycles. The molecule has 0 aliphatic carbocycles. The number of para-hydroxylation sites is 1. The quantitative estimate of drug-likeness (QED) is 0.245. The smallest absolute Gasteiger partial charge is 0.198 e. The van der Waals surface area contributed by atoms with Crippen LogP contribution in [0, 0.1) is 0 Å². The molecule has 0 atom stereocenters. The summed E-state index contributed by atoms with van der Waals surface area (Å²) >= 11 is 6.82. The first kappa shape index (κ1) is 23.2. The number of allylic oxidation sites excluding steroid dienone is 1. The molecule has 6 nitrogen and oxygen atoms in total. The maximum Gasteiger partial charge on any atom is 0.198 e. The molecule has 0 amide bonds. The van der Waals surface area contributed by atoms with E-state index >= 15 is 0 Å². The van der Waals surface area contributed by atoms with E-state index < -0.39 is 0 Å². The monoisotopic (exact) mass is 528 g/mol. The largest absolute Gasteiger partial charge is 0.456 e. The van der Waals surface area contributed by atoms with E-state index in [9.17, 15) is 0 Å². The zero-order valence-electron chi connectivity index (χ0n) is 20.9. The van der Waals surface area contributed by atoms with Crippen molar-refractivity contribution < 1.29 is 8.83 Å². The number of anilines is 1. The minimum Gasteiger partial charge on any atom is -0.456 e. The van der Waals surface area contributed by atoms with Crippen molar-refractivity contribution in [1.29, 1.82) is 0 Å². The lowest BCUT2D eigenvalue weighted by molar-refractivity contribution is 0.636. The van der Waals surface area contributed by atoms with Crippen LogP contribution in [0.15, 0.2) is 99.8 Å². The highest BCUT2D eigenvalue weighted by atomic mass is 35.5. The lowest BCUT2D eigenvalue weighted by atomic mass is 10.0. The Morgan fingerprint density at radius 3 is 2.23 bits per heavy atom. The summed E-state index contributed by atoms with van der Waals surface area (Å²) < 4.78 is 12.0. The molecule has 0 saturated carbocycles. The van der Waals surface area contributed by atoms with Crippen molar-refractivity contribution in [3.05, 3.63) is 102 Å². The summed E-state index contributed by atoms with van der Waals surface area (Å²) in [6.07, 6.45) is 3.80. The molecule has 0 fully saturated rings. The van der Waals surface area contributed by atoms with Gasteiger partial charge in [0.25, 0.3) is 0 Å². The van der Waals surface area contributed by atoms with Gasteiger partial charge in [0.1, 0.15) is 16.7 Å². The third-order valence-corrected chi connectivity index (χ3v) is 7.05. The average molecular weight is 529 g/mol. The molecule has 7 heteroatoms. The van der Waals surface area contributed by atoms with Gasteiger partial charge in [-0.25, -0.2) is 15.0 Å². The number of halogens is 1. The first-order valence-corrected chi connectivity index (χ1v) is 12.8. The highest BCUT2D eigenvalue weighted by Crippen LogP contribution is 2.41. The molecule has 0 radical (unpaired) electrons. The Kier molecular flexibility index (Phi) is 5.42. The van der Waals surface area contributed by atoms with Crippen LogP contribution in [0.3, 0.4) is 0 Å². The third-order valence-electron chi connectivity index (χ3n) is 6.73. The highest BCUT2D eigenvalue weighted by Gasteiger charge is 2.22. The van der Waals surface area contributed by atoms with Crippen LogP contribution < -0.4 is 5.73 Å². The van der Waals surface area contributed by atoms with Crippen LogP contribution in [-0.4, -0.2) is 15.0 Å². The molecule has 3 aromatic heterocycles. The number of nitrogens with zero attached hydrogens (tertiary/aromatic N) is 3. The summed E-state index contributed by atoms with van der Waals surface area (Å²) in [6.45, 7) is 1.92. The average Bonchev–Trinajstić information content (AvgIpc) is 3.50. The van der Waals surface area contributed by atoms with E-state index in [0.717, 1.165) is 44.0 Å². The first-order valence-electron chi connectivity index (χ1n) is 12.5. The van der Waals surface area contributed by atoms with Gasteiger partial charge in [0, 0.05) is 38.4 Å².